The first-order valence-corrected chi connectivity index (χ1v) is 13.2. The molecular weight excluding hydrogens is 448 g/mol. The van der Waals surface area contributed by atoms with Gasteiger partial charge in [0.25, 0.3) is 0 Å². The van der Waals surface area contributed by atoms with Crippen LogP contribution in [0.1, 0.15) is 36.8 Å². The third kappa shape index (κ3) is 6.88. The lowest BCUT2D eigenvalue weighted by Crippen LogP contribution is -2.46. The maximum atomic E-state index is 12.9. The molecule has 0 saturated heterocycles. The van der Waals surface area contributed by atoms with E-state index in [2.05, 4.69) is 20.3 Å². The summed E-state index contributed by atoms with van der Waals surface area (Å²) >= 11 is 0. The first-order valence-electron chi connectivity index (χ1n) is 11.5. The summed E-state index contributed by atoms with van der Waals surface area (Å²) in [5.74, 6) is -0.0625. The molecule has 0 unspecified atom stereocenters. The van der Waals surface area contributed by atoms with Crippen LogP contribution in [-0.4, -0.2) is 31.5 Å². The molecule has 1 fully saturated rings. The number of nitrogens with zero attached hydrogens (tertiary/aromatic N) is 1. The summed E-state index contributed by atoms with van der Waals surface area (Å²) in [6.07, 6.45) is 6.25. The van der Waals surface area contributed by atoms with Crippen molar-refractivity contribution in [1.29, 1.82) is 0 Å². The van der Waals surface area contributed by atoms with Crippen molar-refractivity contribution in [1.82, 2.24) is 20.3 Å². The van der Waals surface area contributed by atoms with Crippen molar-refractivity contribution >= 4 is 16.1 Å². The number of urea groups is 1. The van der Waals surface area contributed by atoms with Crippen LogP contribution in [0.4, 0.5) is 4.79 Å². The molecule has 8 heteroatoms. The molecule has 0 aliphatic heterocycles. The van der Waals surface area contributed by atoms with Crippen LogP contribution in [-0.2, 0) is 22.3 Å². The van der Waals surface area contributed by atoms with E-state index >= 15 is 0 Å². The molecular formula is C26H30N4O3S. The molecule has 1 heterocycles. The van der Waals surface area contributed by atoms with Crippen LogP contribution in [0, 0.1) is 0 Å². The van der Waals surface area contributed by atoms with E-state index in [4.69, 9.17) is 0 Å². The Labute approximate surface area is 201 Å². The lowest BCUT2D eigenvalue weighted by atomic mass is 9.92. The minimum Gasteiger partial charge on any atom is -0.335 e. The fourth-order valence-electron chi connectivity index (χ4n) is 4.32. The highest BCUT2D eigenvalue weighted by Gasteiger charge is 2.26. The van der Waals surface area contributed by atoms with E-state index in [1.54, 1.807) is 12.4 Å². The first kappa shape index (κ1) is 23.9. The lowest BCUT2D eigenvalue weighted by Gasteiger charge is -2.29. The van der Waals surface area contributed by atoms with Gasteiger partial charge >= 0.3 is 6.03 Å². The van der Waals surface area contributed by atoms with Crippen LogP contribution >= 0.6 is 0 Å². The number of aromatic nitrogens is 1. The predicted molar refractivity (Wildman–Crippen MR) is 133 cm³/mol. The number of pyridine rings is 1. The third-order valence-corrected chi connectivity index (χ3v) is 7.42. The van der Waals surface area contributed by atoms with Gasteiger partial charge in [-0.3, -0.25) is 4.98 Å². The summed E-state index contributed by atoms with van der Waals surface area (Å²) in [4.78, 5) is 16.2. The van der Waals surface area contributed by atoms with Gasteiger partial charge in [0, 0.05) is 31.0 Å². The number of carbonyl (C=O) groups excluding carboxylic acids is 1. The molecule has 0 bridgehead atoms. The van der Waals surface area contributed by atoms with Gasteiger partial charge in [0.2, 0.25) is 10.0 Å². The summed E-state index contributed by atoms with van der Waals surface area (Å²) in [7, 11) is -3.50. The van der Waals surface area contributed by atoms with Gasteiger partial charge in [-0.15, -0.1) is 0 Å². The van der Waals surface area contributed by atoms with E-state index in [0.29, 0.717) is 19.4 Å². The highest BCUT2D eigenvalue weighted by molar-refractivity contribution is 7.88. The molecule has 3 N–H and O–H groups in total. The zero-order valence-corrected chi connectivity index (χ0v) is 19.8. The fourth-order valence-corrected chi connectivity index (χ4v) is 5.81. The number of nitrogens with one attached hydrogen (secondary N) is 3. The van der Waals surface area contributed by atoms with Crippen LogP contribution in [0.15, 0.2) is 79.1 Å². The smallest absolute Gasteiger partial charge is 0.315 e. The normalized spacial score (nSPS) is 18.2. The number of amides is 2. The van der Waals surface area contributed by atoms with Crippen molar-refractivity contribution in [2.45, 2.75) is 50.1 Å². The maximum Gasteiger partial charge on any atom is 0.315 e. The van der Waals surface area contributed by atoms with Gasteiger partial charge < -0.3 is 10.6 Å². The monoisotopic (exact) mass is 478 g/mol. The lowest BCUT2D eigenvalue weighted by molar-refractivity contribution is 0.230. The Bertz CT molecular complexity index is 1180. The van der Waals surface area contributed by atoms with Crippen LogP contribution in [0.25, 0.3) is 11.1 Å². The molecule has 0 spiro atoms. The average molecular weight is 479 g/mol. The van der Waals surface area contributed by atoms with Crippen LogP contribution in [0.5, 0.6) is 0 Å². The second-order valence-electron chi connectivity index (χ2n) is 8.64. The zero-order chi connectivity index (χ0) is 23.8. The van der Waals surface area contributed by atoms with Gasteiger partial charge in [0.15, 0.2) is 0 Å². The minimum absolute atomic E-state index is 0.0356. The van der Waals surface area contributed by atoms with E-state index in [1.807, 2.05) is 66.7 Å². The number of hydrogen-bond donors (Lipinski definition) is 3. The van der Waals surface area contributed by atoms with Gasteiger partial charge in [-0.05, 0) is 54.0 Å². The van der Waals surface area contributed by atoms with Crippen molar-refractivity contribution in [2.24, 2.45) is 0 Å². The first-order chi connectivity index (χ1) is 16.5. The molecule has 0 atom stereocenters. The minimum atomic E-state index is -3.50. The molecule has 2 amide bonds. The second kappa shape index (κ2) is 11.3. The third-order valence-electron chi connectivity index (χ3n) is 6.03. The molecule has 3 aromatic rings. The number of hydrogen-bond acceptors (Lipinski definition) is 4. The van der Waals surface area contributed by atoms with Gasteiger partial charge in [0.05, 0.1) is 5.75 Å². The van der Waals surface area contributed by atoms with E-state index < -0.39 is 10.0 Å². The molecule has 1 saturated carbocycles. The maximum absolute atomic E-state index is 12.9. The van der Waals surface area contributed by atoms with Crippen LogP contribution < -0.4 is 15.4 Å². The topological polar surface area (TPSA) is 100 Å². The quantitative estimate of drug-likeness (QED) is 0.456. The largest absolute Gasteiger partial charge is 0.335 e. The Morgan fingerprint density at radius 2 is 1.59 bits per heavy atom. The number of sulfonamides is 1. The number of carbonyl (C=O) groups is 1. The van der Waals surface area contributed by atoms with E-state index in [0.717, 1.165) is 35.1 Å². The summed E-state index contributed by atoms with van der Waals surface area (Å²) in [6, 6.07) is 20.9. The van der Waals surface area contributed by atoms with Gasteiger partial charge in [-0.2, -0.15) is 0 Å². The Morgan fingerprint density at radius 1 is 0.882 bits per heavy atom. The number of benzene rings is 2. The molecule has 1 aromatic heterocycles. The van der Waals surface area contributed by atoms with Crippen molar-refractivity contribution in [3.8, 4) is 11.1 Å². The van der Waals surface area contributed by atoms with Gasteiger partial charge in [0.1, 0.15) is 0 Å². The fraction of sp³-hybridized carbons (Fsp3) is 0.308. The van der Waals surface area contributed by atoms with Crippen molar-refractivity contribution < 1.29 is 13.2 Å². The van der Waals surface area contributed by atoms with Crippen LogP contribution in [0.3, 0.4) is 0 Å². The second-order valence-corrected chi connectivity index (χ2v) is 10.4. The summed E-state index contributed by atoms with van der Waals surface area (Å²) in [5.41, 5.74) is 3.65. The highest BCUT2D eigenvalue weighted by atomic mass is 32.2. The summed E-state index contributed by atoms with van der Waals surface area (Å²) in [5, 5.41) is 5.83. The van der Waals surface area contributed by atoms with Crippen molar-refractivity contribution in [3.05, 3.63) is 90.3 Å². The Balaban J connectivity index is 1.26. The highest BCUT2D eigenvalue weighted by Crippen LogP contribution is 2.26. The van der Waals surface area contributed by atoms with Gasteiger partial charge in [-0.25, -0.2) is 17.9 Å². The molecule has 7 nitrogen and oxygen atoms in total. The van der Waals surface area contributed by atoms with Crippen LogP contribution in [0.2, 0.25) is 0 Å². The molecule has 0 radical (unpaired) electrons. The molecule has 1 aliphatic rings. The van der Waals surface area contributed by atoms with Crippen molar-refractivity contribution in [2.75, 3.05) is 0 Å². The Hall–Kier alpha value is -3.23. The summed E-state index contributed by atoms with van der Waals surface area (Å²) < 4.78 is 28.7. The molecule has 2 aromatic carbocycles. The Morgan fingerprint density at radius 3 is 2.32 bits per heavy atom. The SMILES string of the molecule is O=C(NCc1cccnc1)NC1CCC(NS(=O)(=O)Cc2ccccc2-c2ccccc2)CC1. The predicted octanol–water partition coefficient (Wildman–Crippen LogP) is 3.98. The standard InChI is InChI=1S/C26H30N4O3S/c31-26(28-18-20-7-6-16-27-17-20)29-23-12-14-24(15-13-23)30-34(32,33)19-22-10-4-5-11-25(22)21-8-2-1-3-9-21/h1-11,16-17,23-24,30H,12-15,18-19H2,(H2,28,29,31). The molecule has 178 valence electrons. The van der Waals surface area contributed by atoms with E-state index in [-0.39, 0.29) is 23.9 Å². The zero-order valence-electron chi connectivity index (χ0n) is 19.0. The van der Waals surface area contributed by atoms with Crippen molar-refractivity contribution in [3.63, 3.8) is 0 Å². The molecule has 1 aliphatic carbocycles. The number of rotatable bonds is 8. The van der Waals surface area contributed by atoms with Gasteiger partial charge in [-0.1, -0.05) is 60.7 Å². The van der Waals surface area contributed by atoms with E-state index in [9.17, 15) is 13.2 Å². The molecule has 34 heavy (non-hydrogen) atoms. The average Bonchev–Trinajstić information content (AvgIpc) is 2.85. The van der Waals surface area contributed by atoms with E-state index in [1.165, 1.54) is 0 Å². The summed E-state index contributed by atoms with van der Waals surface area (Å²) in [6.45, 7) is 0.416. The molecule has 4 rings (SSSR count). The Kier molecular flexibility index (Phi) is 7.92.